The number of carbonyl (C=O) groups is 3. The summed E-state index contributed by atoms with van der Waals surface area (Å²) in [6.45, 7) is 1.46. The molecule has 132 valence electrons. The van der Waals surface area contributed by atoms with Crippen molar-refractivity contribution in [3.05, 3.63) is 46.3 Å². The van der Waals surface area contributed by atoms with Crippen molar-refractivity contribution >= 4 is 39.8 Å². The molecule has 0 radical (unpaired) electrons. The van der Waals surface area contributed by atoms with Crippen molar-refractivity contribution < 1.29 is 19.1 Å². The number of hydrogen-bond acceptors (Lipinski definition) is 6. The van der Waals surface area contributed by atoms with E-state index in [1.807, 2.05) is 6.07 Å². The third-order valence-electron chi connectivity index (χ3n) is 3.91. The number of nitrogens with one attached hydrogen (secondary N) is 2. The van der Waals surface area contributed by atoms with Gasteiger partial charge >= 0.3 is 5.97 Å². The number of anilines is 2. The van der Waals surface area contributed by atoms with Crippen molar-refractivity contribution in [2.75, 3.05) is 10.6 Å². The van der Waals surface area contributed by atoms with Gasteiger partial charge in [0.1, 0.15) is 11.1 Å². The minimum Gasteiger partial charge on any atom is -0.449 e. The van der Waals surface area contributed by atoms with Crippen LogP contribution in [0.3, 0.4) is 0 Å². The molecular weight excluding hydrogens is 354 g/mol. The van der Waals surface area contributed by atoms with Gasteiger partial charge in [-0.2, -0.15) is 5.26 Å². The molecule has 0 aliphatic carbocycles. The van der Waals surface area contributed by atoms with E-state index in [4.69, 9.17) is 10.00 Å². The van der Waals surface area contributed by atoms with Crippen LogP contribution in [0, 0.1) is 11.3 Å². The zero-order valence-electron chi connectivity index (χ0n) is 13.9. The second-order valence-corrected chi connectivity index (χ2v) is 6.65. The van der Waals surface area contributed by atoms with Gasteiger partial charge in [-0.3, -0.25) is 9.59 Å². The lowest BCUT2D eigenvalue weighted by molar-refractivity contribution is -0.123. The highest BCUT2D eigenvalue weighted by Gasteiger charge is 2.22. The first-order valence-electron chi connectivity index (χ1n) is 7.90. The Morgan fingerprint density at radius 2 is 2.15 bits per heavy atom. The number of rotatable bonds is 4. The maximum atomic E-state index is 12.3. The quantitative estimate of drug-likeness (QED) is 0.806. The van der Waals surface area contributed by atoms with E-state index >= 15 is 0 Å². The first-order valence-corrected chi connectivity index (χ1v) is 8.78. The highest BCUT2D eigenvalue weighted by atomic mass is 32.1. The number of thiophene rings is 1. The minimum atomic E-state index is -1.02. The molecule has 1 aliphatic heterocycles. The highest BCUT2D eigenvalue weighted by Crippen LogP contribution is 2.25. The summed E-state index contributed by atoms with van der Waals surface area (Å²) in [4.78, 5) is 35.8. The van der Waals surface area contributed by atoms with E-state index < -0.39 is 18.0 Å². The van der Waals surface area contributed by atoms with Crippen LogP contribution in [0.25, 0.3) is 0 Å². The molecule has 1 atom stereocenters. The van der Waals surface area contributed by atoms with Gasteiger partial charge in [0.25, 0.3) is 5.91 Å². The lowest BCUT2D eigenvalue weighted by Crippen LogP contribution is -2.30. The first-order chi connectivity index (χ1) is 12.5. The largest absolute Gasteiger partial charge is 0.449 e. The van der Waals surface area contributed by atoms with Gasteiger partial charge in [-0.25, -0.2) is 4.79 Å². The zero-order valence-corrected chi connectivity index (χ0v) is 14.7. The third kappa shape index (κ3) is 3.73. The molecule has 2 aromatic rings. The number of fused-ring (bicyclic) bond motifs is 1. The predicted molar refractivity (Wildman–Crippen MR) is 95.9 cm³/mol. The van der Waals surface area contributed by atoms with Crippen LogP contribution < -0.4 is 10.6 Å². The summed E-state index contributed by atoms with van der Waals surface area (Å²) in [6.07, 6.45) is -0.105. The standard InChI is InChI=1S/C18H15N3O4S/c1-10(16(23)21-17-13(9-19)6-7-26-17)25-18(24)12-2-4-14-11(8-12)3-5-15(22)20-14/h2,4,6-8,10H,3,5H2,1H3,(H,20,22)(H,21,23)/t10-/m1/s1. The molecule has 3 rings (SSSR count). The molecule has 2 N–H and O–H groups in total. The molecule has 0 unspecified atom stereocenters. The van der Waals surface area contributed by atoms with Gasteiger partial charge in [0, 0.05) is 12.1 Å². The molecule has 0 saturated carbocycles. The predicted octanol–water partition coefficient (Wildman–Crippen LogP) is 2.69. The van der Waals surface area contributed by atoms with Gasteiger partial charge < -0.3 is 15.4 Å². The number of hydrogen-bond donors (Lipinski definition) is 2. The zero-order chi connectivity index (χ0) is 18.7. The van der Waals surface area contributed by atoms with Crippen molar-refractivity contribution in [3.63, 3.8) is 0 Å². The number of aryl methyl sites for hydroxylation is 1. The molecule has 1 aromatic heterocycles. The van der Waals surface area contributed by atoms with E-state index in [0.29, 0.717) is 34.7 Å². The molecular formula is C18H15N3O4S. The fourth-order valence-electron chi connectivity index (χ4n) is 2.50. The molecule has 2 amide bonds. The van der Waals surface area contributed by atoms with Crippen LogP contribution >= 0.6 is 11.3 Å². The second-order valence-electron chi connectivity index (χ2n) is 5.73. The summed E-state index contributed by atoms with van der Waals surface area (Å²) in [7, 11) is 0. The molecule has 0 saturated heterocycles. The number of carbonyl (C=O) groups excluding carboxylic acids is 3. The number of esters is 1. The van der Waals surface area contributed by atoms with E-state index in [9.17, 15) is 14.4 Å². The van der Waals surface area contributed by atoms with Gasteiger partial charge in [-0.15, -0.1) is 11.3 Å². The van der Waals surface area contributed by atoms with Crippen LogP contribution in [0.2, 0.25) is 0 Å². The van der Waals surface area contributed by atoms with Gasteiger partial charge in [-0.1, -0.05) is 0 Å². The molecule has 0 fully saturated rings. The van der Waals surface area contributed by atoms with Crippen molar-refractivity contribution in [3.8, 4) is 6.07 Å². The molecule has 1 aromatic carbocycles. The van der Waals surface area contributed by atoms with Crippen LogP contribution in [-0.2, 0) is 20.7 Å². The van der Waals surface area contributed by atoms with Crippen molar-refractivity contribution in [2.45, 2.75) is 25.9 Å². The Kier molecular flexibility index (Phi) is 5.00. The number of amides is 2. The summed E-state index contributed by atoms with van der Waals surface area (Å²) < 4.78 is 5.22. The first kappa shape index (κ1) is 17.6. The van der Waals surface area contributed by atoms with Gasteiger partial charge in [-0.05, 0) is 48.6 Å². The van der Waals surface area contributed by atoms with Gasteiger partial charge in [0.15, 0.2) is 6.10 Å². The number of nitriles is 1. The summed E-state index contributed by atoms with van der Waals surface area (Å²) in [5.74, 6) is -1.19. The SMILES string of the molecule is C[C@@H](OC(=O)c1ccc2c(c1)CCC(=O)N2)C(=O)Nc1sccc1C#N. The topological polar surface area (TPSA) is 108 Å². The lowest BCUT2D eigenvalue weighted by Gasteiger charge is -2.18. The normalized spacial score (nSPS) is 13.8. The van der Waals surface area contributed by atoms with Crippen LogP contribution in [-0.4, -0.2) is 23.9 Å². The van der Waals surface area contributed by atoms with Gasteiger partial charge in [0.2, 0.25) is 5.91 Å². The number of nitrogens with zero attached hydrogens (tertiary/aromatic N) is 1. The average molecular weight is 369 g/mol. The molecule has 26 heavy (non-hydrogen) atoms. The Hall–Kier alpha value is -3.18. The highest BCUT2D eigenvalue weighted by molar-refractivity contribution is 7.14. The Labute approximate surface area is 153 Å². The maximum Gasteiger partial charge on any atom is 0.338 e. The Morgan fingerprint density at radius 1 is 1.35 bits per heavy atom. The molecule has 1 aliphatic rings. The summed E-state index contributed by atoms with van der Waals surface area (Å²) in [6, 6.07) is 8.44. The van der Waals surface area contributed by atoms with Crippen LogP contribution in [0.4, 0.5) is 10.7 Å². The molecule has 7 nitrogen and oxygen atoms in total. The molecule has 8 heteroatoms. The van der Waals surface area contributed by atoms with E-state index in [0.717, 1.165) is 5.56 Å². The smallest absolute Gasteiger partial charge is 0.338 e. The van der Waals surface area contributed by atoms with Crippen molar-refractivity contribution in [2.24, 2.45) is 0 Å². The van der Waals surface area contributed by atoms with Crippen molar-refractivity contribution in [1.29, 1.82) is 5.26 Å². The van der Waals surface area contributed by atoms with E-state index in [-0.39, 0.29) is 5.91 Å². The monoisotopic (exact) mass is 369 g/mol. The lowest BCUT2D eigenvalue weighted by atomic mass is 10.0. The average Bonchev–Trinajstić information content (AvgIpc) is 3.08. The summed E-state index contributed by atoms with van der Waals surface area (Å²) >= 11 is 1.22. The van der Waals surface area contributed by atoms with Crippen LogP contribution in [0.15, 0.2) is 29.6 Å². The Morgan fingerprint density at radius 3 is 2.92 bits per heavy atom. The van der Waals surface area contributed by atoms with Gasteiger partial charge in [0.05, 0.1) is 11.1 Å². The van der Waals surface area contributed by atoms with Crippen molar-refractivity contribution in [1.82, 2.24) is 0 Å². The maximum absolute atomic E-state index is 12.3. The summed E-state index contributed by atoms with van der Waals surface area (Å²) in [5, 5.41) is 16.4. The van der Waals surface area contributed by atoms with E-state index in [1.54, 1.807) is 29.6 Å². The Bertz CT molecular complexity index is 929. The minimum absolute atomic E-state index is 0.0524. The van der Waals surface area contributed by atoms with E-state index in [2.05, 4.69) is 10.6 Å². The molecule has 2 heterocycles. The Balaban J connectivity index is 1.65. The summed E-state index contributed by atoms with van der Waals surface area (Å²) in [5.41, 5.74) is 2.21. The number of ether oxygens (including phenoxy) is 1. The second kappa shape index (κ2) is 7.37. The number of benzene rings is 1. The molecule has 0 spiro atoms. The third-order valence-corrected chi connectivity index (χ3v) is 4.74. The van der Waals surface area contributed by atoms with Crippen LogP contribution in [0.1, 0.15) is 34.8 Å². The molecule has 0 bridgehead atoms. The fraction of sp³-hybridized carbons (Fsp3) is 0.222. The van der Waals surface area contributed by atoms with E-state index in [1.165, 1.54) is 18.3 Å². The van der Waals surface area contributed by atoms with Crippen LogP contribution in [0.5, 0.6) is 0 Å². The fourth-order valence-corrected chi connectivity index (χ4v) is 3.24.